The summed E-state index contributed by atoms with van der Waals surface area (Å²) in [5.41, 5.74) is 3.42. The van der Waals surface area contributed by atoms with Crippen LogP contribution in [0, 0.1) is 6.92 Å². The summed E-state index contributed by atoms with van der Waals surface area (Å²) in [5.74, 6) is 0. The average Bonchev–Trinajstić information content (AvgIpc) is 2.92. The number of nitrogens with zero attached hydrogens (tertiary/aromatic N) is 2. The molecule has 3 aromatic carbocycles. The minimum Gasteiger partial charge on any atom is -0.445 e. The first kappa shape index (κ1) is 24.9. The molecule has 1 aliphatic rings. The highest BCUT2D eigenvalue weighted by molar-refractivity contribution is 6.31. The van der Waals surface area contributed by atoms with Crippen LogP contribution in [0.25, 0.3) is 10.8 Å². The lowest BCUT2D eigenvalue weighted by molar-refractivity contribution is 0.0802. The number of likely N-dealkylation sites (tertiary alicyclic amines) is 1. The monoisotopic (exact) mass is 515 g/mol. The van der Waals surface area contributed by atoms with Gasteiger partial charge in [-0.25, -0.2) is 4.79 Å². The highest BCUT2D eigenvalue weighted by atomic mass is 35.5. The molecular weight excluding hydrogens is 486 g/mol. The summed E-state index contributed by atoms with van der Waals surface area (Å²) in [7, 11) is 1.76. The van der Waals surface area contributed by atoms with Crippen molar-refractivity contribution in [1.29, 1.82) is 0 Å². The molecular formula is C30H30ClN3O3. The van der Waals surface area contributed by atoms with Crippen LogP contribution < -0.4 is 10.9 Å². The molecule has 7 heteroatoms. The number of anilines is 1. The van der Waals surface area contributed by atoms with E-state index < -0.39 is 5.54 Å². The molecule has 190 valence electrons. The van der Waals surface area contributed by atoms with Gasteiger partial charge in [0.1, 0.15) is 6.61 Å². The van der Waals surface area contributed by atoms with Crippen molar-refractivity contribution in [3.8, 4) is 0 Å². The van der Waals surface area contributed by atoms with Crippen LogP contribution in [0.2, 0.25) is 5.02 Å². The highest BCUT2D eigenvalue weighted by Crippen LogP contribution is 2.40. The Morgan fingerprint density at radius 1 is 1.03 bits per heavy atom. The molecule has 1 aliphatic heterocycles. The lowest BCUT2D eigenvalue weighted by Gasteiger charge is -2.44. The predicted molar refractivity (Wildman–Crippen MR) is 148 cm³/mol. The van der Waals surface area contributed by atoms with Gasteiger partial charge in [0.05, 0.1) is 5.54 Å². The lowest BCUT2D eigenvalue weighted by atomic mass is 9.78. The number of ether oxygens (including phenoxy) is 1. The summed E-state index contributed by atoms with van der Waals surface area (Å²) < 4.78 is 7.17. The van der Waals surface area contributed by atoms with Gasteiger partial charge >= 0.3 is 6.09 Å². The SMILES string of the molecule is Cc1c(Cl)cccc1C1(Nc2ccc3ccn(C)c(=O)c3c2)CCN(C(=O)OCc2ccccc2)CC1. The number of halogens is 1. The van der Waals surface area contributed by atoms with Crippen molar-refractivity contribution < 1.29 is 9.53 Å². The first-order valence-electron chi connectivity index (χ1n) is 12.5. The van der Waals surface area contributed by atoms with Crippen molar-refractivity contribution in [2.45, 2.75) is 31.9 Å². The van der Waals surface area contributed by atoms with E-state index in [1.54, 1.807) is 22.7 Å². The number of hydrogen-bond acceptors (Lipinski definition) is 4. The van der Waals surface area contributed by atoms with Crippen LogP contribution in [0.4, 0.5) is 10.5 Å². The van der Waals surface area contributed by atoms with Gasteiger partial charge in [-0.05, 0) is 66.1 Å². The van der Waals surface area contributed by atoms with Gasteiger partial charge in [-0.15, -0.1) is 0 Å². The molecule has 0 bridgehead atoms. The molecule has 2 heterocycles. The predicted octanol–water partition coefficient (Wildman–Crippen LogP) is 6.24. The van der Waals surface area contributed by atoms with Gasteiger partial charge in [-0.3, -0.25) is 4.79 Å². The van der Waals surface area contributed by atoms with Gasteiger partial charge in [-0.2, -0.15) is 0 Å². The average molecular weight is 516 g/mol. The third-order valence-electron chi connectivity index (χ3n) is 7.33. The molecule has 1 amide bonds. The van der Waals surface area contributed by atoms with Crippen LogP contribution in [0.1, 0.15) is 29.5 Å². The molecule has 1 N–H and O–H groups in total. The van der Waals surface area contributed by atoms with E-state index in [2.05, 4.69) is 11.4 Å². The number of aromatic nitrogens is 1. The van der Waals surface area contributed by atoms with Gasteiger partial charge in [0, 0.05) is 42.4 Å². The van der Waals surface area contributed by atoms with Crippen molar-refractivity contribution in [3.05, 3.63) is 111 Å². The molecule has 6 nitrogen and oxygen atoms in total. The molecule has 0 spiro atoms. The fourth-order valence-corrected chi connectivity index (χ4v) is 5.33. The van der Waals surface area contributed by atoms with Gasteiger partial charge < -0.3 is 19.5 Å². The van der Waals surface area contributed by atoms with Crippen molar-refractivity contribution in [2.24, 2.45) is 7.05 Å². The Morgan fingerprint density at radius 3 is 2.54 bits per heavy atom. The number of fused-ring (bicyclic) bond motifs is 1. The number of pyridine rings is 1. The molecule has 0 saturated carbocycles. The second-order valence-corrected chi connectivity index (χ2v) is 10.1. The summed E-state index contributed by atoms with van der Waals surface area (Å²) in [6.45, 7) is 3.33. The maximum absolute atomic E-state index is 12.8. The van der Waals surface area contributed by atoms with Crippen LogP contribution in [0.15, 0.2) is 83.8 Å². The summed E-state index contributed by atoms with van der Waals surface area (Å²) >= 11 is 6.54. The number of nitrogens with one attached hydrogen (secondary N) is 1. The quantitative estimate of drug-likeness (QED) is 0.341. The maximum atomic E-state index is 12.8. The zero-order valence-electron chi connectivity index (χ0n) is 21.0. The molecule has 5 rings (SSSR count). The van der Waals surface area contributed by atoms with Crippen molar-refractivity contribution in [2.75, 3.05) is 18.4 Å². The minimum atomic E-state index is -0.459. The Hall–Kier alpha value is -3.77. The van der Waals surface area contributed by atoms with E-state index in [9.17, 15) is 9.59 Å². The first-order valence-corrected chi connectivity index (χ1v) is 12.8. The van der Waals surface area contributed by atoms with E-state index in [1.807, 2.05) is 73.7 Å². The van der Waals surface area contributed by atoms with E-state index in [-0.39, 0.29) is 18.3 Å². The molecule has 0 radical (unpaired) electrons. The second-order valence-electron chi connectivity index (χ2n) is 9.68. The Morgan fingerprint density at radius 2 is 1.78 bits per heavy atom. The van der Waals surface area contributed by atoms with Gasteiger partial charge in [0.25, 0.3) is 5.56 Å². The number of carbonyl (C=O) groups is 1. The normalized spacial score (nSPS) is 14.9. The van der Waals surface area contributed by atoms with Gasteiger partial charge in [-0.1, -0.05) is 60.1 Å². The number of hydrogen-bond donors (Lipinski definition) is 1. The highest BCUT2D eigenvalue weighted by Gasteiger charge is 2.39. The molecule has 0 unspecified atom stereocenters. The van der Waals surface area contributed by atoms with Gasteiger partial charge in [0.2, 0.25) is 0 Å². The van der Waals surface area contributed by atoms with Gasteiger partial charge in [0.15, 0.2) is 0 Å². The number of rotatable bonds is 5. The molecule has 1 fully saturated rings. The van der Waals surface area contributed by atoms with Crippen LogP contribution in [0.3, 0.4) is 0 Å². The third-order valence-corrected chi connectivity index (χ3v) is 7.74. The van der Waals surface area contributed by atoms with Crippen molar-refractivity contribution >= 4 is 34.2 Å². The van der Waals surface area contributed by atoms with Crippen molar-refractivity contribution in [3.63, 3.8) is 0 Å². The van der Waals surface area contributed by atoms with E-state index in [1.165, 1.54) is 0 Å². The van der Waals surface area contributed by atoms with Crippen LogP contribution >= 0.6 is 11.6 Å². The van der Waals surface area contributed by atoms with Crippen LogP contribution in [-0.4, -0.2) is 28.6 Å². The largest absolute Gasteiger partial charge is 0.445 e. The topological polar surface area (TPSA) is 63.6 Å². The lowest BCUT2D eigenvalue weighted by Crippen LogP contribution is -2.49. The summed E-state index contributed by atoms with van der Waals surface area (Å²) in [6.07, 6.45) is 2.80. The molecule has 1 saturated heterocycles. The number of carbonyl (C=O) groups excluding carboxylic acids is 1. The minimum absolute atomic E-state index is 0.0369. The van der Waals surface area contributed by atoms with E-state index in [0.29, 0.717) is 36.3 Å². The molecule has 37 heavy (non-hydrogen) atoms. The smallest absolute Gasteiger partial charge is 0.410 e. The number of aryl methyl sites for hydroxylation is 1. The Bertz CT molecular complexity index is 1490. The molecule has 4 aromatic rings. The Labute approximate surface area is 221 Å². The summed E-state index contributed by atoms with van der Waals surface area (Å²) in [6, 6.07) is 23.5. The zero-order valence-corrected chi connectivity index (χ0v) is 21.8. The number of benzene rings is 3. The fraction of sp³-hybridized carbons (Fsp3) is 0.267. The summed E-state index contributed by atoms with van der Waals surface area (Å²) in [5, 5.41) is 6.02. The molecule has 1 aromatic heterocycles. The number of piperidine rings is 1. The standard InChI is InChI=1S/C30H30ClN3O3/c1-21-26(9-6-10-27(21)31)30(32-24-12-11-23-13-16-33(2)28(35)25(23)19-24)14-17-34(18-15-30)29(36)37-20-22-7-4-3-5-8-22/h3-13,16,19,32H,14-15,17-18,20H2,1-2H3. The van der Waals surface area contributed by atoms with E-state index >= 15 is 0 Å². The Kier molecular flexibility index (Phi) is 6.94. The second kappa shape index (κ2) is 10.3. The third kappa shape index (κ3) is 5.07. The molecule has 0 aliphatic carbocycles. The van der Waals surface area contributed by atoms with Crippen molar-refractivity contribution in [1.82, 2.24) is 9.47 Å². The fourth-order valence-electron chi connectivity index (χ4n) is 5.16. The van der Waals surface area contributed by atoms with E-state index in [4.69, 9.17) is 16.3 Å². The Balaban J connectivity index is 1.41. The first-order chi connectivity index (χ1) is 17.9. The number of amides is 1. The van der Waals surface area contributed by atoms with E-state index in [0.717, 1.165) is 27.8 Å². The molecule has 0 atom stereocenters. The summed E-state index contributed by atoms with van der Waals surface area (Å²) in [4.78, 5) is 27.4. The maximum Gasteiger partial charge on any atom is 0.410 e. The zero-order chi connectivity index (χ0) is 26.0. The van der Waals surface area contributed by atoms with Crippen LogP contribution in [-0.2, 0) is 23.9 Å². The van der Waals surface area contributed by atoms with Crippen LogP contribution in [0.5, 0.6) is 0 Å².